The molecule has 1 fully saturated rings. The van der Waals surface area contributed by atoms with Gasteiger partial charge in [-0.3, -0.25) is 9.69 Å². The van der Waals surface area contributed by atoms with Crippen LogP contribution in [0.2, 0.25) is 0 Å². The van der Waals surface area contributed by atoms with Crippen LogP contribution in [-0.4, -0.2) is 58.9 Å². The number of benzene rings is 1. The van der Waals surface area contributed by atoms with E-state index in [0.717, 1.165) is 16.8 Å². The molecular formula is C20H24F3N3O3. The van der Waals surface area contributed by atoms with E-state index < -0.39 is 40.7 Å². The summed E-state index contributed by atoms with van der Waals surface area (Å²) in [7, 11) is 0. The molecule has 9 heteroatoms. The van der Waals surface area contributed by atoms with Crippen molar-refractivity contribution in [3.8, 4) is 0 Å². The Morgan fingerprint density at radius 1 is 1.31 bits per heavy atom. The van der Waals surface area contributed by atoms with Crippen LogP contribution in [0.25, 0.3) is 10.9 Å². The zero-order chi connectivity index (χ0) is 21.5. The van der Waals surface area contributed by atoms with Gasteiger partial charge in [-0.25, -0.2) is 18.0 Å². The van der Waals surface area contributed by atoms with E-state index in [1.165, 1.54) is 0 Å². The number of hydrogen-bond donors (Lipinski definition) is 1. The Hall–Kier alpha value is -2.55. The SMILES string of the molecule is CC(C)N1CCN(c2c(F)cc3c(=O)c(C(=O)O)cn(CCF)c3c2F)CC1C. The number of hydrogen-bond acceptors (Lipinski definition) is 4. The summed E-state index contributed by atoms with van der Waals surface area (Å²) in [5.74, 6) is -3.45. The zero-order valence-electron chi connectivity index (χ0n) is 16.6. The molecule has 0 saturated carbocycles. The number of piperazine rings is 1. The molecule has 1 unspecified atom stereocenters. The summed E-state index contributed by atoms with van der Waals surface area (Å²) in [6.45, 7) is 6.23. The van der Waals surface area contributed by atoms with Crippen molar-refractivity contribution in [3.05, 3.63) is 39.7 Å². The maximum atomic E-state index is 15.5. The highest BCUT2D eigenvalue weighted by molar-refractivity contribution is 5.93. The summed E-state index contributed by atoms with van der Waals surface area (Å²) >= 11 is 0. The molecule has 2 heterocycles. The third-order valence-corrected chi connectivity index (χ3v) is 5.44. The number of anilines is 1. The lowest BCUT2D eigenvalue weighted by Gasteiger charge is -2.43. The number of alkyl halides is 1. The maximum Gasteiger partial charge on any atom is 0.341 e. The number of rotatable bonds is 5. The number of pyridine rings is 1. The molecule has 1 aromatic carbocycles. The molecule has 1 atom stereocenters. The molecule has 0 spiro atoms. The first-order chi connectivity index (χ1) is 13.7. The maximum absolute atomic E-state index is 15.5. The predicted octanol–water partition coefficient (Wildman–Crippen LogP) is 2.87. The van der Waals surface area contributed by atoms with Crippen LogP contribution in [0.1, 0.15) is 31.1 Å². The molecule has 158 valence electrons. The monoisotopic (exact) mass is 411 g/mol. The van der Waals surface area contributed by atoms with E-state index in [1.807, 2.05) is 6.92 Å². The van der Waals surface area contributed by atoms with Gasteiger partial charge in [-0.05, 0) is 26.8 Å². The Bertz CT molecular complexity index is 1010. The Kier molecular flexibility index (Phi) is 5.88. The molecule has 1 aromatic heterocycles. The number of carboxylic acid groups (broad SMARTS) is 1. The number of aromatic nitrogens is 1. The van der Waals surface area contributed by atoms with Crippen LogP contribution in [0.15, 0.2) is 17.1 Å². The first-order valence-electron chi connectivity index (χ1n) is 9.52. The minimum Gasteiger partial charge on any atom is -0.477 e. The number of fused-ring (bicyclic) bond motifs is 1. The fourth-order valence-corrected chi connectivity index (χ4v) is 4.13. The zero-order valence-corrected chi connectivity index (χ0v) is 16.6. The molecule has 1 aliphatic rings. The molecule has 6 nitrogen and oxygen atoms in total. The van der Waals surface area contributed by atoms with Gasteiger partial charge in [0.15, 0.2) is 5.82 Å². The second-order valence-corrected chi connectivity index (χ2v) is 7.60. The van der Waals surface area contributed by atoms with E-state index in [4.69, 9.17) is 0 Å². The number of carbonyl (C=O) groups is 1. The Balaban J connectivity index is 2.18. The number of aromatic carboxylic acids is 1. The average molecular weight is 411 g/mol. The first kappa shape index (κ1) is 21.2. The standard InChI is InChI=1S/C20H24F3N3O3/c1-11(2)26-7-6-25(9-12(26)3)18-15(22)8-13-17(16(18)23)24(5-4-21)10-14(19(13)27)20(28)29/h8,10-12H,4-7,9H2,1-3H3,(H,28,29). The van der Waals surface area contributed by atoms with Crippen molar-refractivity contribution in [1.82, 2.24) is 9.47 Å². The number of nitrogens with zero attached hydrogens (tertiary/aromatic N) is 3. The minimum atomic E-state index is -1.53. The van der Waals surface area contributed by atoms with E-state index >= 15 is 4.39 Å². The van der Waals surface area contributed by atoms with Crippen molar-refractivity contribution in [1.29, 1.82) is 0 Å². The third kappa shape index (κ3) is 3.71. The highest BCUT2D eigenvalue weighted by atomic mass is 19.1. The lowest BCUT2D eigenvalue weighted by Crippen LogP contribution is -2.54. The second kappa shape index (κ2) is 8.06. The number of aryl methyl sites for hydroxylation is 1. The van der Waals surface area contributed by atoms with Gasteiger partial charge in [0.1, 0.15) is 23.7 Å². The van der Waals surface area contributed by atoms with E-state index in [9.17, 15) is 23.5 Å². The lowest BCUT2D eigenvalue weighted by molar-refractivity contribution is 0.0694. The van der Waals surface area contributed by atoms with Crippen LogP contribution in [0, 0.1) is 11.6 Å². The number of carboxylic acids is 1. The molecule has 2 aromatic rings. The van der Waals surface area contributed by atoms with Gasteiger partial charge in [0.25, 0.3) is 0 Å². The predicted molar refractivity (Wildman–Crippen MR) is 105 cm³/mol. The summed E-state index contributed by atoms with van der Waals surface area (Å²) in [6, 6.07) is 1.21. The molecule has 3 rings (SSSR count). The van der Waals surface area contributed by atoms with E-state index in [-0.39, 0.29) is 23.8 Å². The van der Waals surface area contributed by atoms with Crippen LogP contribution in [0.5, 0.6) is 0 Å². The Morgan fingerprint density at radius 2 is 2.00 bits per heavy atom. The fraction of sp³-hybridized carbons (Fsp3) is 0.500. The first-order valence-corrected chi connectivity index (χ1v) is 9.52. The van der Waals surface area contributed by atoms with Crippen molar-refractivity contribution >= 4 is 22.6 Å². The summed E-state index contributed by atoms with van der Waals surface area (Å²) in [6.07, 6.45) is 0.913. The van der Waals surface area contributed by atoms with E-state index in [2.05, 4.69) is 18.7 Å². The van der Waals surface area contributed by atoms with Crippen molar-refractivity contribution in [2.75, 3.05) is 31.2 Å². The molecule has 0 aliphatic carbocycles. The molecule has 0 bridgehead atoms. The van der Waals surface area contributed by atoms with Gasteiger partial charge in [-0.1, -0.05) is 0 Å². The summed E-state index contributed by atoms with van der Waals surface area (Å²) in [5.41, 5.74) is -2.21. The summed E-state index contributed by atoms with van der Waals surface area (Å²) < 4.78 is 44.4. The van der Waals surface area contributed by atoms with Crippen molar-refractivity contribution < 1.29 is 23.1 Å². The average Bonchev–Trinajstić information content (AvgIpc) is 2.63. The molecule has 1 N–H and O–H groups in total. The van der Waals surface area contributed by atoms with E-state index in [1.54, 1.807) is 4.90 Å². The van der Waals surface area contributed by atoms with Crippen molar-refractivity contribution in [2.24, 2.45) is 0 Å². The van der Waals surface area contributed by atoms with Crippen LogP contribution < -0.4 is 10.3 Å². The molecular weight excluding hydrogens is 387 g/mol. The smallest absolute Gasteiger partial charge is 0.341 e. The van der Waals surface area contributed by atoms with Gasteiger partial charge in [-0.2, -0.15) is 0 Å². The highest BCUT2D eigenvalue weighted by Crippen LogP contribution is 2.32. The topological polar surface area (TPSA) is 65.8 Å². The minimum absolute atomic E-state index is 0.0562. The molecule has 29 heavy (non-hydrogen) atoms. The van der Waals surface area contributed by atoms with Gasteiger partial charge < -0.3 is 14.6 Å². The molecule has 1 aliphatic heterocycles. The molecule has 0 amide bonds. The van der Waals surface area contributed by atoms with E-state index in [0.29, 0.717) is 25.7 Å². The van der Waals surface area contributed by atoms with Crippen molar-refractivity contribution in [3.63, 3.8) is 0 Å². The van der Waals surface area contributed by atoms with Crippen LogP contribution in [-0.2, 0) is 6.54 Å². The van der Waals surface area contributed by atoms with Gasteiger partial charge >= 0.3 is 5.97 Å². The Labute approximate surface area is 166 Å². The molecule has 1 saturated heterocycles. The normalized spacial score (nSPS) is 18.0. The van der Waals surface area contributed by atoms with Gasteiger partial charge in [0, 0.05) is 37.9 Å². The molecule has 0 radical (unpaired) electrons. The van der Waals surface area contributed by atoms with Crippen LogP contribution in [0.4, 0.5) is 18.9 Å². The van der Waals surface area contributed by atoms with Gasteiger partial charge in [0.2, 0.25) is 5.43 Å². The Morgan fingerprint density at radius 3 is 2.55 bits per heavy atom. The number of halogens is 3. The van der Waals surface area contributed by atoms with Crippen molar-refractivity contribution in [2.45, 2.75) is 39.4 Å². The fourth-order valence-electron chi connectivity index (χ4n) is 4.13. The van der Waals surface area contributed by atoms with Crippen LogP contribution >= 0.6 is 0 Å². The van der Waals surface area contributed by atoms with Crippen LogP contribution in [0.3, 0.4) is 0 Å². The quantitative estimate of drug-likeness (QED) is 0.820. The largest absolute Gasteiger partial charge is 0.477 e. The van der Waals surface area contributed by atoms with Gasteiger partial charge in [0.05, 0.1) is 17.4 Å². The lowest BCUT2D eigenvalue weighted by atomic mass is 10.1. The highest BCUT2D eigenvalue weighted by Gasteiger charge is 2.30. The van der Waals surface area contributed by atoms with Gasteiger partial charge in [-0.15, -0.1) is 0 Å². The second-order valence-electron chi connectivity index (χ2n) is 7.60. The summed E-state index contributed by atoms with van der Waals surface area (Å²) in [5, 5.41) is 8.79. The summed E-state index contributed by atoms with van der Waals surface area (Å²) in [4.78, 5) is 27.6. The third-order valence-electron chi connectivity index (χ3n) is 5.44.